The number of nitrogens with two attached hydrogens (primary N) is 1. The SMILES string of the molecule is NCCNc1cnc(C2CCCC2)nc1-c1ccc(O)cc1. The van der Waals surface area contributed by atoms with E-state index >= 15 is 0 Å². The first-order valence-electron chi connectivity index (χ1n) is 7.88. The molecule has 5 nitrogen and oxygen atoms in total. The van der Waals surface area contributed by atoms with E-state index in [2.05, 4.69) is 10.3 Å². The van der Waals surface area contributed by atoms with E-state index in [1.165, 1.54) is 25.7 Å². The van der Waals surface area contributed by atoms with E-state index < -0.39 is 0 Å². The number of hydrogen-bond donors (Lipinski definition) is 3. The van der Waals surface area contributed by atoms with E-state index in [1.807, 2.05) is 18.3 Å². The van der Waals surface area contributed by atoms with Crippen LogP contribution in [-0.2, 0) is 0 Å². The number of hydrogen-bond acceptors (Lipinski definition) is 5. The number of aromatic nitrogens is 2. The second-order valence-corrected chi connectivity index (χ2v) is 5.73. The van der Waals surface area contributed by atoms with Crippen LogP contribution >= 0.6 is 0 Å². The lowest BCUT2D eigenvalue weighted by molar-refractivity contribution is 0.475. The molecule has 1 aliphatic rings. The first-order chi connectivity index (χ1) is 10.8. The van der Waals surface area contributed by atoms with Crippen molar-refractivity contribution in [3.63, 3.8) is 0 Å². The van der Waals surface area contributed by atoms with Crippen molar-refractivity contribution < 1.29 is 5.11 Å². The Morgan fingerprint density at radius 3 is 2.59 bits per heavy atom. The third kappa shape index (κ3) is 3.20. The molecule has 1 fully saturated rings. The van der Waals surface area contributed by atoms with E-state index in [0.717, 1.165) is 22.8 Å². The van der Waals surface area contributed by atoms with Crippen LogP contribution in [0.15, 0.2) is 30.5 Å². The van der Waals surface area contributed by atoms with Crippen LogP contribution < -0.4 is 11.1 Å². The van der Waals surface area contributed by atoms with E-state index in [0.29, 0.717) is 19.0 Å². The van der Waals surface area contributed by atoms with Crippen LogP contribution in [-0.4, -0.2) is 28.2 Å². The Kier molecular flexibility index (Phi) is 4.53. The molecule has 4 N–H and O–H groups in total. The van der Waals surface area contributed by atoms with Gasteiger partial charge in [0.05, 0.1) is 17.6 Å². The summed E-state index contributed by atoms with van der Waals surface area (Å²) >= 11 is 0. The Hall–Kier alpha value is -2.14. The van der Waals surface area contributed by atoms with Gasteiger partial charge in [-0.1, -0.05) is 12.8 Å². The van der Waals surface area contributed by atoms with Crippen molar-refractivity contribution in [3.05, 3.63) is 36.3 Å². The van der Waals surface area contributed by atoms with Crippen molar-refractivity contribution in [2.75, 3.05) is 18.4 Å². The van der Waals surface area contributed by atoms with Gasteiger partial charge in [-0.15, -0.1) is 0 Å². The topological polar surface area (TPSA) is 84.1 Å². The van der Waals surface area contributed by atoms with Gasteiger partial charge in [-0.25, -0.2) is 9.97 Å². The second kappa shape index (κ2) is 6.75. The summed E-state index contributed by atoms with van der Waals surface area (Å²) in [6.07, 6.45) is 6.72. The molecule has 0 spiro atoms. The molecule has 0 amide bonds. The summed E-state index contributed by atoms with van der Waals surface area (Å²) in [6.45, 7) is 1.23. The highest BCUT2D eigenvalue weighted by atomic mass is 16.3. The minimum atomic E-state index is 0.255. The van der Waals surface area contributed by atoms with Gasteiger partial charge in [0.25, 0.3) is 0 Å². The quantitative estimate of drug-likeness (QED) is 0.790. The molecule has 1 saturated carbocycles. The number of benzene rings is 1. The minimum Gasteiger partial charge on any atom is -0.508 e. The van der Waals surface area contributed by atoms with Gasteiger partial charge < -0.3 is 16.2 Å². The Balaban J connectivity index is 1.97. The highest BCUT2D eigenvalue weighted by molar-refractivity contribution is 5.74. The molecule has 22 heavy (non-hydrogen) atoms. The fourth-order valence-corrected chi connectivity index (χ4v) is 2.95. The molecule has 0 aliphatic heterocycles. The van der Waals surface area contributed by atoms with Crippen molar-refractivity contribution in [3.8, 4) is 17.0 Å². The first-order valence-corrected chi connectivity index (χ1v) is 7.88. The first kappa shape index (κ1) is 14.8. The van der Waals surface area contributed by atoms with Crippen LogP contribution in [0.2, 0.25) is 0 Å². The Labute approximate surface area is 130 Å². The van der Waals surface area contributed by atoms with Crippen LogP contribution in [0.3, 0.4) is 0 Å². The molecule has 3 rings (SSSR count). The van der Waals surface area contributed by atoms with Crippen molar-refractivity contribution in [1.82, 2.24) is 9.97 Å². The summed E-state index contributed by atoms with van der Waals surface area (Å²) in [7, 11) is 0. The zero-order chi connectivity index (χ0) is 15.4. The van der Waals surface area contributed by atoms with Gasteiger partial charge in [0.2, 0.25) is 0 Å². The van der Waals surface area contributed by atoms with Crippen molar-refractivity contribution in [1.29, 1.82) is 0 Å². The average molecular weight is 298 g/mol. The molecule has 1 aliphatic carbocycles. The monoisotopic (exact) mass is 298 g/mol. The van der Waals surface area contributed by atoms with E-state index in [-0.39, 0.29) is 5.75 Å². The van der Waals surface area contributed by atoms with Gasteiger partial charge in [0.1, 0.15) is 11.6 Å². The largest absolute Gasteiger partial charge is 0.508 e. The molecule has 0 atom stereocenters. The smallest absolute Gasteiger partial charge is 0.132 e. The van der Waals surface area contributed by atoms with Crippen molar-refractivity contribution in [2.24, 2.45) is 5.73 Å². The number of phenols is 1. The molecule has 0 radical (unpaired) electrons. The highest BCUT2D eigenvalue weighted by Crippen LogP contribution is 2.34. The Bertz CT molecular complexity index is 621. The summed E-state index contributed by atoms with van der Waals surface area (Å²) in [4.78, 5) is 9.36. The molecule has 5 heteroatoms. The van der Waals surface area contributed by atoms with Crippen LogP contribution in [0.4, 0.5) is 5.69 Å². The van der Waals surface area contributed by atoms with Crippen LogP contribution in [0, 0.1) is 0 Å². The zero-order valence-electron chi connectivity index (χ0n) is 12.6. The summed E-state index contributed by atoms with van der Waals surface area (Å²) in [5.41, 5.74) is 8.32. The van der Waals surface area contributed by atoms with Crippen LogP contribution in [0.25, 0.3) is 11.3 Å². The maximum atomic E-state index is 9.48. The number of rotatable bonds is 5. The lowest BCUT2D eigenvalue weighted by Crippen LogP contribution is -2.15. The third-order valence-electron chi connectivity index (χ3n) is 4.13. The predicted octanol–water partition coefficient (Wildman–Crippen LogP) is 2.88. The molecule has 116 valence electrons. The summed E-state index contributed by atoms with van der Waals surface area (Å²) in [5.74, 6) is 1.66. The fourth-order valence-electron chi connectivity index (χ4n) is 2.95. The van der Waals surface area contributed by atoms with E-state index in [9.17, 15) is 5.11 Å². The fraction of sp³-hybridized carbons (Fsp3) is 0.412. The van der Waals surface area contributed by atoms with Crippen molar-refractivity contribution in [2.45, 2.75) is 31.6 Å². The van der Waals surface area contributed by atoms with E-state index in [1.54, 1.807) is 12.1 Å². The predicted molar refractivity (Wildman–Crippen MR) is 87.9 cm³/mol. The molecule has 0 bridgehead atoms. The number of aromatic hydroxyl groups is 1. The van der Waals surface area contributed by atoms with Gasteiger partial charge >= 0.3 is 0 Å². The number of phenolic OH excluding ortho intramolecular Hbond substituents is 1. The van der Waals surface area contributed by atoms with Crippen molar-refractivity contribution >= 4 is 5.69 Å². The molecule has 1 aromatic carbocycles. The number of anilines is 1. The van der Waals surface area contributed by atoms with Gasteiger partial charge in [0.15, 0.2) is 0 Å². The van der Waals surface area contributed by atoms with Crippen LogP contribution in [0.1, 0.15) is 37.4 Å². The normalized spacial score (nSPS) is 15.1. The molecule has 2 aromatic rings. The number of nitrogens with one attached hydrogen (secondary N) is 1. The van der Waals surface area contributed by atoms with E-state index in [4.69, 9.17) is 10.7 Å². The van der Waals surface area contributed by atoms with Gasteiger partial charge in [-0.2, -0.15) is 0 Å². The summed E-state index contributed by atoms with van der Waals surface area (Å²) in [5, 5.41) is 12.8. The van der Waals surface area contributed by atoms with Gasteiger partial charge in [-0.3, -0.25) is 0 Å². The highest BCUT2D eigenvalue weighted by Gasteiger charge is 2.21. The second-order valence-electron chi connectivity index (χ2n) is 5.73. The minimum absolute atomic E-state index is 0.255. The summed E-state index contributed by atoms with van der Waals surface area (Å²) < 4.78 is 0. The molecule has 1 aromatic heterocycles. The standard InChI is InChI=1S/C17H22N4O/c18-9-10-19-15-11-20-17(13-3-1-2-4-13)21-16(15)12-5-7-14(22)8-6-12/h5-8,11,13,19,22H,1-4,9-10,18H2. The molecule has 0 unspecified atom stereocenters. The third-order valence-corrected chi connectivity index (χ3v) is 4.13. The average Bonchev–Trinajstić information content (AvgIpc) is 3.08. The summed E-state index contributed by atoms with van der Waals surface area (Å²) in [6, 6.07) is 7.12. The Morgan fingerprint density at radius 1 is 1.18 bits per heavy atom. The lowest BCUT2D eigenvalue weighted by atomic mass is 10.1. The zero-order valence-corrected chi connectivity index (χ0v) is 12.6. The Morgan fingerprint density at radius 2 is 1.91 bits per heavy atom. The van der Waals surface area contributed by atoms with Gasteiger partial charge in [0, 0.05) is 24.6 Å². The molecule has 0 saturated heterocycles. The number of nitrogens with zero attached hydrogens (tertiary/aromatic N) is 2. The van der Waals surface area contributed by atoms with Gasteiger partial charge in [-0.05, 0) is 37.1 Å². The maximum Gasteiger partial charge on any atom is 0.132 e. The lowest BCUT2D eigenvalue weighted by Gasteiger charge is -2.14. The molecule has 1 heterocycles. The molecular formula is C17H22N4O. The van der Waals surface area contributed by atoms with Crippen LogP contribution in [0.5, 0.6) is 5.75 Å². The maximum absolute atomic E-state index is 9.48. The molecular weight excluding hydrogens is 276 g/mol.